The highest BCUT2D eigenvalue weighted by Gasteiger charge is 2.29. The minimum atomic E-state index is -4.45. The first-order valence-corrected chi connectivity index (χ1v) is 7.98. The van der Waals surface area contributed by atoms with Crippen molar-refractivity contribution in [3.05, 3.63) is 59.2 Å². The van der Waals surface area contributed by atoms with Gasteiger partial charge in [-0.2, -0.15) is 13.2 Å². The van der Waals surface area contributed by atoms with E-state index in [2.05, 4.69) is 5.32 Å². The van der Waals surface area contributed by atoms with E-state index in [9.17, 15) is 22.8 Å². The highest BCUT2D eigenvalue weighted by Crippen LogP contribution is 2.29. The van der Waals surface area contributed by atoms with E-state index < -0.39 is 30.2 Å². The van der Waals surface area contributed by atoms with Gasteiger partial charge in [0, 0.05) is 5.69 Å². The average Bonchev–Trinajstić information content (AvgIpc) is 2.60. The number of nitrogens with one attached hydrogen (secondary N) is 1. The molecule has 0 saturated heterocycles. The van der Waals surface area contributed by atoms with Gasteiger partial charge in [0.15, 0.2) is 13.2 Å². The predicted molar refractivity (Wildman–Crippen MR) is 92.4 cm³/mol. The molecule has 0 aliphatic rings. The monoisotopic (exact) mass is 381 g/mol. The Morgan fingerprint density at radius 1 is 1.00 bits per heavy atom. The van der Waals surface area contributed by atoms with Crippen molar-refractivity contribution in [2.75, 3.05) is 18.5 Å². The van der Waals surface area contributed by atoms with Crippen molar-refractivity contribution in [2.45, 2.75) is 20.0 Å². The fourth-order valence-electron chi connectivity index (χ4n) is 2.13. The highest BCUT2D eigenvalue weighted by atomic mass is 19.4. The number of anilines is 1. The lowest BCUT2D eigenvalue weighted by Crippen LogP contribution is -2.23. The van der Waals surface area contributed by atoms with Crippen LogP contribution in [0.3, 0.4) is 0 Å². The third-order valence-corrected chi connectivity index (χ3v) is 3.55. The predicted octanol–water partition coefficient (Wildman–Crippen LogP) is 3.88. The summed E-state index contributed by atoms with van der Waals surface area (Å²) in [5, 5.41) is 2.34. The summed E-state index contributed by atoms with van der Waals surface area (Å²) in [6, 6.07) is 9.47. The van der Waals surface area contributed by atoms with Crippen molar-refractivity contribution in [1.29, 1.82) is 0 Å². The molecule has 5 nitrogen and oxygen atoms in total. The molecule has 1 N–H and O–H groups in total. The van der Waals surface area contributed by atoms with Gasteiger partial charge in [-0.15, -0.1) is 0 Å². The summed E-state index contributed by atoms with van der Waals surface area (Å²) >= 11 is 0. The lowest BCUT2D eigenvalue weighted by molar-refractivity contribution is -0.149. The molecule has 0 aromatic heterocycles. The molecule has 0 fully saturated rings. The molecule has 0 aliphatic carbocycles. The topological polar surface area (TPSA) is 64.6 Å². The molecule has 0 atom stereocenters. The Labute approximate surface area is 154 Å². The van der Waals surface area contributed by atoms with Crippen LogP contribution in [0.4, 0.5) is 18.9 Å². The minimum absolute atomic E-state index is 0.163. The number of rotatable bonds is 6. The molecule has 8 heteroatoms. The van der Waals surface area contributed by atoms with Crippen molar-refractivity contribution < 1.29 is 32.2 Å². The van der Waals surface area contributed by atoms with Gasteiger partial charge in [-0.25, -0.2) is 4.79 Å². The van der Waals surface area contributed by atoms with Crippen LogP contribution in [-0.2, 0) is 20.5 Å². The van der Waals surface area contributed by atoms with E-state index in [0.717, 1.165) is 35.4 Å². The van der Waals surface area contributed by atoms with Crippen LogP contribution in [0, 0.1) is 13.8 Å². The summed E-state index contributed by atoms with van der Waals surface area (Å²) in [4.78, 5) is 23.4. The minimum Gasteiger partial charge on any atom is -0.482 e. The molecule has 0 unspecified atom stereocenters. The average molecular weight is 381 g/mol. The normalized spacial score (nSPS) is 11.0. The number of carbonyl (C=O) groups is 2. The van der Waals surface area contributed by atoms with Crippen molar-refractivity contribution in [2.24, 2.45) is 0 Å². The Bertz CT molecular complexity index is 817. The summed E-state index contributed by atoms with van der Waals surface area (Å²) in [5.41, 5.74) is 1.17. The number of amides is 1. The number of benzene rings is 2. The summed E-state index contributed by atoms with van der Waals surface area (Å²) < 4.78 is 47.6. The van der Waals surface area contributed by atoms with Crippen LogP contribution < -0.4 is 10.1 Å². The van der Waals surface area contributed by atoms with E-state index in [4.69, 9.17) is 9.47 Å². The summed E-state index contributed by atoms with van der Waals surface area (Å²) in [6.45, 7) is 2.78. The van der Waals surface area contributed by atoms with Gasteiger partial charge in [-0.05, 0) is 55.3 Å². The van der Waals surface area contributed by atoms with Gasteiger partial charge >= 0.3 is 12.1 Å². The number of esters is 1. The van der Waals surface area contributed by atoms with Crippen LogP contribution in [0.1, 0.15) is 16.7 Å². The van der Waals surface area contributed by atoms with E-state index in [-0.39, 0.29) is 12.3 Å². The number of hydrogen-bond donors (Lipinski definition) is 1. The van der Waals surface area contributed by atoms with Gasteiger partial charge in [-0.1, -0.05) is 12.1 Å². The second-order valence-electron chi connectivity index (χ2n) is 5.84. The van der Waals surface area contributed by atoms with E-state index >= 15 is 0 Å². The zero-order chi connectivity index (χ0) is 20.0. The van der Waals surface area contributed by atoms with Crippen molar-refractivity contribution in [1.82, 2.24) is 0 Å². The van der Waals surface area contributed by atoms with E-state index in [1.165, 1.54) is 0 Å². The first-order chi connectivity index (χ1) is 12.6. The lowest BCUT2D eigenvalue weighted by Gasteiger charge is -2.11. The molecule has 2 aromatic carbocycles. The molecule has 144 valence electrons. The number of halogens is 3. The third-order valence-electron chi connectivity index (χ3n) is 3.55. The largest absolute Gasteiger partial charge is 0.482 e. The smallest absolute Gasteiger partial charge is 0.416 e. The van der Waals surface area contributed by atoms with Crippen molar-refractivity contribution >= 4 is 17.6 Å². The van der Waals surface area contributed by atoms with Gasteiger partial charge < -0.3 is 14.8 Å². The Kier molecular flexibility index (Phi) is 6.44. The lowest BCUT2D eigenvalue weighted by atomic mass is 10.1. The van der Waals surface area contributed by atoms with Gasteiger partial charge in [0.1, 0.15) is 5.75 Å². The number of carbonyl (C=O) groups excluding carboxylic acids is 2. The Morgan fingerprint density at radius 3 is 2.30 bits per heavy atom. The maximum absolute atomic E-state index is 12.5. The van der Waals surface area contributed by atoms with Crippen molar-refractivity contribution in [3.8, 4) is 5.75 Å². The second kappa shape index (κ2) is 8.57. The fraction of sp³-hybridized carbons (Fsp3) is 0.263. The molecule has 0 bridgehead atoms. The highest BCUT2D eigenvalue weighted by molar-refractivity contribution is 5.92. The van der Waals surface area contributed by atoms with Crippen LogP contribution in [0.15, 0.2) is 42.5 Å². The molecule has 27 heavy (non-hydrogen) atoms. The van der Waals surface area contributed by atoms with Crippen molar-refractivity contribution in [3.63, 3.8) is 0 Å². The summed E-state index contributed by atoms with van der Waals surface area (Å²) in [7, 11) is 0. The maximum Gasteiger partial charge on any atom is 0.416 e. The number of alkyl halides is 3. The van der Waals surface area contributed by atoms with E-state index in [1.54, 1.807) is 6.07 Å². The molecule has 2 rings (SSSR count). The number of aryl methyl sites for hydroxylation is 2. The third kappa shape index (κ3) is 6.32. The van der Waals surface area contributed by atoms with Crippen LogP contribution in [0.25, 0.3) is 0 Å². The SMILES string of the molecule is Cc1ccc(C)c(OCC(=O)OCC(=O)Nc2ccc(C(F)(F)F)cc2)c1. The van der Waals surface area contributed by atoms with Crippen LogP contribution in [-0.4, -0.2) is 25.1 Å². The first-order valence-electron chi connectivity index (χ1n) is 7.98. The molecular formula is C19H18F3NO4. The van der Waals surface area contributed by atoms with Gasteiger partial charge in [0.2, 0.25) is 0 Å². The molecule has 0 heterocycles. The quantitative estimate of drug-likeness (QED) is 0.772. The molecule has 0 aliphatic heterocycles. The fourth-order valence-corrected chi connectivity index (χ4v) is 2.13. The Balaban J connectivity index is 1.78. The Hall–Kier alpha value is -3.03. The molecule has 1 amide bonds. The Morgan fingerprint density at radius 2 is 1.67 bits per heavy atom. The molecule has 0 saturated carbocycles. The molecule has 0 spiro atoms. The van der Waals surface area contributed by atoms with Gasteiger partial charge in [0.05, 0.1) is 5.56 Å². The molecule has 2 aromatic rings. The first kappa shape index (κ1) is 20.3. The van der Waals surface area contributed by atoms with Crippen LogP contribution >= 0.6 is 0 Å². The van der Waals surface area contributed by atoms with E-state index in [0.29, 0.717) is 5.75 Å². The van der Waals surface area contributed by atoms with Gasteiger partial charge in [-0.3, -0.25) is 4.79 Å². The zero-order valence-electron chi connectivity index (χ0n) is 14.7. The van der Waals surface area contributed by atoms with Crippen LogP contribution in [0.5, 0.6) is 5.75 Å². The number of ether oxygens (including phenoxy) is 2. The summed E-state index contributed by atoms with van der Waals surface area (Å²) in [6.07, 6.45) is -4.45. The van der Waals surface area contributed by atoms with Crippen LogP contribution in [0.2, 0.25) is 0 Å². The standard InChI is InChI=1S/C19H18F3NO4/c1-12-3-4-13(2)16(9-12)26-11-18(25)27-10-17(24)23-15-7-5-14(6-8-15)19(20,21)22/h3-9H,10-11H2,1-2H3,(H,23,24). The zero-order valence-corrected chi connectivity index (χ0v) is 14.7. The second-order valence-corrected chi connectivity index (χ2v) is 5.84. The van der Waals surface area contributed by atoms with E-state index in [1.807, 2.05) is 26.0 Å². The number of hydrogen-bond acceptors (Lipinski definition) is 4. The summed E-state index contributed by atoms with van der Waals surface area (Å²) in [5.74, 6) is -0.866. The molecular weight excluding hydrogens is 363 g/mol. The molecule has 0 radical (unpaired) electrons. The van der Waals surface area contributed by atoms with Gasteiger partial charge in [0.25, 0.3) is 5.91 Å². The maximum atomic E-state index is 12.5.